The Morgan fingerprint density at radius 2 is 2.06 bits per heavy atom. The summed E-state index contributed by atoms with van der Waals surface area (Å²) in [6, 6.07) is 9.71. The molecule has 0 aliphatic carbocycles. The monoisotopic (exact) mass is 437 g/mol. The lowest BCUT2D eigenvalue weighted by molar-refractivity contribution is -0.116. The van der Waals surface area contributed by atoms with Crippen LogP contribution in [0.25, 0.3) is 16.0 Å². The second kappa shape index (κ2) is 9.01. The Morgan fingerprint density at radius 1 is 1.23 bits per heavy atom. The summed E-state index contributed by atoms with van der Waals surface area (Å²) in [6.45, 7) is 6.90. The van der Waals surface area contributed by atoms with Crippen molar-refractivity contribution in [2.45, 2.75) is 53.0 Å². The normalized spacial score (nSPS) is 11.6. The third-order valence-electron chi connectivity index (χ3n) is 5.32. The van der Waals surface area contributed by atoms with E-state index in [1.165, 1.54) is 11.3 Å². The Balaban J connectivity index is 1.53. The first-order chi connectivity index (χ1) is 14.9. The van der Waals surface area contributed by atoms with E-state index in [1.807, 2.05) is 47.0 Å². The van der Waals surface area contributed by atoms with Crippen LogP contribution >= 0.6 is 11.3 Å². The molecule has 0 aliphatic rings. The molecule has 1 aromatic carbocycles. The van der Waals surface area contributed by atoms with Crippen LogP contribution in [0.15, 0.2) is 40.5 Å². The average molecular weight is 438 g/mol. The maximum atomic E-state index is 13.0. The van der Waals surface area contributed by atoms with Gasteiger partial charge in [-0.15, -0.1) is 21.5 Å². The third-order valence-corrected chi connectivity index (χ3v) is 6.21. The number of aromatic nitrogens is 4. The van der Waals surface area contributed by atoms with Gasteiger partial charge in [-0.25, -0.2) is 0 Å². The molecule has 7 nitrogen and oxygen atoms in total. The summed E-state index contributed by atoms with van der Waals surface area (Å²) in [6.07, 6.45) is 2.54. The molecule has 0 fully saturated rings. The van der Waals surface area contributed by atoms with Crippen LogP contribution < -0.4 is 10.9 Å². The second-order valence-corrected chi connectivity index (χ2v) is 9.21. The fraction of sp³-hybridized carbons (Fsp3) is 0.391. The molecule has 0 spiro atoms. The lowest BCUT2D eigenvalue weighted by Crippen LogP contribution is -2.23. The number of thiophene rings is 1. The first-order valence-corrected chi connectivity index (χ1v) is 11.5. The molecule has 31 heavy (non-hydrogen) atoms. The van der Waals surface area contributed by atoms with Gasteiger partial charge in [0.2, 0.25) is 11.7 Å². The highest BCUT2D eigenvalue weighted by molar-refractivity contribution is 7.17. The van der Waals surface area contributed by atoms with Crippen LogP contribution in [0.3, 0.4) is 0 Å². The Bertz CT molecular complexity index is 1280. The van der Waals surface area contributed by atoms with Gasteiger partial charge in [0.25, 0.3) is 5.56 Å². The number of benzene rings is 1. The quantitative estimate of drug-likeness (QED) is 0.442. The summed E-state index contributed by atoms with van der Waals surface area (Å²) < 4.78 is 4.43. The number of hydrogen-bond donors (Lipinski definition) is 1. The van der Waals surface area contributed by atoms with Crippen molar-refractivity contribution in [2.75, 3.05) is 5.32 Å². The highest BCUT2D eigenvalue weighted by Gasteiger charge is 2.17. The molecule has 4 aromatic rings. The number of amides is 1. The molecule has 8 heteroatoms. The van der Waals surface area contributed by atoms with Gasteiger partial charge < -0.3 is 5.32 Å². The van der Waals surface area contributed by atoms with E-state index in [0.29, 0.717) is 37.5 Å². The van der Waals surface area contributed by atoms with Gasteiger partial charge in [-0.1, -0.05) is 26.0 Å². The van der Waals surface area contributed by atoms with E-state index in [9.17, 15) is 9.59 Å². The van der Waals surface area contributed by atoms with Gasteiger partial charge >= 0.3 is 0 Å². The topological polar surface area (TPSA) is 81.3 Å². The number of anilines is 1. The number of fused-ring (bicyclic) bond motifs is 3. The molecule has 162 valence electrons. The smallest absolute Gasteiger partial charge is 0.272 e. The minimum atomic E-state index is -0.0195. The molecule has 0 radical (unpaired) electrons. The molecule has 1 amide bonds. The van der Waals surface area contributed by atoms with Gasteiger partial charge in [0.05, 0.1) is 5.52 Å². The van der Waals surface area contributed by atoms with Crippen molar-refractivity contribution in [1.82, 2.24) is 19.2 Å². The van der Waals surface area contributed by atoms with Crippen LogP contribution in [0.4, 0.5) is 5.69 Å². The van der Waals surface area contributed by atoms with Gasteiger partial charge in [-0.2, -0.15) is 0 Å². The summed E-state index contributed by atoms with van der Waals surface area (Å²) in [5.74, 6) is 1.82. The highest BCUT2D eigenvalue weighted by Crippen LogP contribution is 2.21. The predicted octanol–water partition coefficient (Wildman–Crippen LogP) is 4.42. The fourth-order valence-corrected chi connectivity index (χ4v) is 4.51. The summed E-state index contributed by atoms with van der Waals surface area (Å²) in [5, 5.41) is 13.6. The molecule has 1 N–H and O–H groups in total. The Morgan fingerprint density at radius 3 is 2.84 bits per heavy atom. The summed E-state index contributed by atoms with van der Waals surface area (Å²) in [4.78, 5) is 25.3. The van der Waals surface area contributed by atoms with Crippen molar-refractivity contribution in [3.63, 3.8) is 0 Å². The number of nitrogens with zero attached hydrogens (tertiary/aromatic N) is 4. The van der Waals surface area contributed by atoms with Crippen LogP contribution in [-0.2, 0) is 17.8 Å². The number of nitrogens with one attached hydrogen (secondary N) is 1. The standard InChI is InChI=1S/C23H27N5O2S/c1-15(2)10-12-27-22(30)21-18(11-13-31-21)28-19(25-26-23(27)28)8-5-9-20(29)24-17-7-4-6-16(3)14-17/h4,6-7,11,13-15H,5,8-10,12H2,1-3H3,(H,24,29). The summed E-state index contributed by atoms with van der Waals surface area (Å²) in [7, 11) is 0. The van der Waals surface area contributed by atoms with Crippen LogP contribution in [0.5, 0.6) is 0 Å². The van der Waals surface area contributed by atoms with Crippen molar-refractivity contribution in [3.8, 4) is 0 Å². The maximum Gasteiger partial charge on any atom is 0.272 e. The average Bonchev–Trinajstić information content (AvgIpc) is 3.35. The molecule has 0 atom stereocenters. The minimum Gasteiger partial charge on any atom is -0.326 e. The van der Waals surface area contributed by atoms with Crippen molar-refractivity contribution in [2.24, 2.45) is 5.92 Å². The summed E-state index contributed by atoms with van der Waals surface area (Å²) in [5.41, 5.74) is 2.76. The molecule has 3 aromatic heterocycles. The van der Waals surface area contributed by atoms with E-state index in [1.54, 1.807) is 4.57 Å². The lowest BCUT2D eigenvalue weighted by atomic mass is 10.1. The second-order valence-electron chi connectivity index (χ2n) is 8.30. The first kappa shape index (κ1) is 21.2. The van der Waals surface area contributed by atoms with Crippen molar-refractivity contribution < 1.29 is 4.79 Å². The van der Waals surface area contributed by atoms with Gasteiger partial charge in [0.15, 0.2) is 0 Å². The van der Waals surface area contributed by atoms with E-state index in [4.69, 9.17) is 0 Å². The Hall–Kier alpha value is -3.00. The Labute approximate surface area is 184 Å². The van der Waals surface area contributed by atoms with Crippen molar-refractivity contribution >= 4 is 38.9 Å². The molecule has 3 heterocycles. The van der Waals surface area contributed by atoms with Crippen LogP contribution in [0.2, 0.25) is 0 Å². The van der Waals surface area contributed by atoms with Crippen LogP contribution in [0, 0.1) is 12.8 Å². The van der Waals surface area contributed by atoms with E-state index >= 15 is 0 Å². The molecule has 0 bridgehead atoms. The zero-order valence-electron chi connectivity index (χ0n) is 18.1. The van der Waals surface area contributed by atoms with E-state index in [0.717, 1.165) is 33.7 Å². The summed E-state index contributed by atoms with van der Waals surface area (Å²) >= 11 is 1.45. The van der Waals surface area contributed by atoms with Gasteiger partial charge in [0.1, 0.15) is 10.5 Å². The van der Waals surface area contributed by atoms with Gasteiger partial charge in [-0.05, 0) is 54.8 Å². The molecule has 4 rings (SSSR count). The molecule has 0 aliphatic heterocycles. The molecule has 0 saturated heterocycles. The molecular formula is C23H27N5O2S. The maximum absolute atomic E-state index is 13.0. The molecule has 0 unspecified atom stereocenters. The number of carbonyl (C=O) groups is 1. The number of carbonyl (C=O) groups excluding carboxylic acids is 1. The van der Waals surface area contributed by atoms with Gasteiger partial charge in [-0.3, -0.25) is 18.6 Å². The lowest BCUT2D eigenvalue weighted by Gasteiger charge is -2.11. The predicted molar refractivity (Wildman–Crippen MR) is 125 cm³/mol. The van der Waals surface area contributed by atoms with Crippen molar-refractivity contribution in [3.05, 3.63) is 57.5 Å². The van der Waals surface area contributed by atoms with E-state index in [2.05, 4.69) is 29.4 Å². The van der Waals surface area contributed by atoms with Crippen LogP contribution in [0.1, 0.15) is 44.5 Å². The van der Waals surface area contributed by atoms with Crippen LogP contribution in [-0.4, -0.2) is 25.1 Å². The Kier molecular flexibility index (Phi) is 6.18. The SMILES string of the molecule is Cc1cccc(NC(=O)CCCc2nnc3n(CCC(C)C)c(=O)c4sccc4n23)c1. The third kappa shape index (κ3) is 4.54. The van der Waals surface area contributed by atoms with E-state index < -0.39 is 0 Å². The van der Waals surface area contributed by atoms with Crippen molar-refractivity contribution in [1.29, 1.82) is 0 Å². The van der Waals surface area contributed by atoms with E-state index in [-0.39, 0.29) is 11.5 Å². The number of rotatable bonds is 8. The number of hydrogen-bond acceptors (Lipinski definition) is 5. The molecular weight excluding hydrogens is 410 g/mol. The zero-order valence-corrected chi connectivity index (χ0v) is 18.9. The van der Waals surface area contributed by atoms with Gasteiger partial charge in [0, 0.05) is 25.1 Å². The first-order valence-electron chi connectivity index (χ1n) is 10.6. The largest absolute Gasteiger partial charge is 0.326 e. The zero-order chi connectivity index (χ0) is 22.0. The number of aryl methyl sites for hydroxylation is 3. The fourth-order valence-electron chi connectivity index (χ4n) is 3.68. The minimum absolute atomic E-state index is 0.00497. The molecule has 0 saturated carbocycles. The highest BCUT2D eigenvalue weighted by atomic mass is 32.1.